The molecule has 0 aliphatic carbocycles. The van der Waals surface area contributed by atoms with Crippen molar-refractivity contribution in [2.24, 2.45) is 0 Å². The zero-order valence-electron chi connectivity index (χ0n) is 11.8. The van der Waals surface area contributed by atoms with E-state index >= 15 is 0 Å². The van der Waals surface area contributed by atoms with Gasteiger partial charge in [-0.2, -0.15) is 5.10 Å². The maximum Gasteiger partial charge on any atom is 0.136 e. The molecule has 3 heterocycles. The third-order valence-corrected chi connectivity index (χ3v) is 4.09. The summed E-state index contributed by atoms with van der Waals surface area (Å²) in [6, 6.07) is 4.06. The number of hydrogen-bond acceptors (Lipinski definition) is 3. The first kappa shape index (κ1) is 12.3. The van der Waals surface area contributed by atoms with Crippen molar-refractivity contribution in [1.29, 1.82) is 0 Å². The molecule has 5 heteroatoms. The van der Waals surface area contributed by atoms with Crippen LogP contribution in [-0.2, 0) is 0 Å². The number of piperazine rings is 1. The number of rotatable bonds is 1. The molecule has 1 fully saturated rings. The van der Waals surface area contributed by atoms with E-state index in [9.17, 15) is 0 Å². The highest BCUT2D eigenvalue weighted by Crippen LogP contribution is 2.33. The van der Waals surface area contributed by atoms with Gasteiger partial charge in [-0.05, 0) is 32.5 Å². The van der Waals surface area contributed by atoms with Gasteiger partial charge in [-0.3, -0.25) is 0 Å². The summed E-state index contributed by atoms with van der Waals surface area (Å²) in [5.74, 6) is 0.821. The molecule has 1 aliphatic heterocycles. The Kier molecular flexibility index (Phi) is 2.86. The standard InChI is InChI=1S/C14H20N5/c1-10-4-5-12-13(15)14(16-19(12)11(10)2)18-8-6-17(3)7-9-18/h4-5,15H,6-9H2,1-3H3/q-1. The second-order valence-electron chi connectivity index (χ2n) is 5.39. The molecule has 1 aliphatic rings. The van der Waals surface area contributed by atoms with Crippen LogP contribution in [0.4, 0.5) is 11.5 Å². The number of aryl methyl sites for hydroxylation is 2. The Bertz CT molecular complexity index is 608. The molecule has 5 nitrogen and oxygen atoms in total. The molecular formula is C14H20N5-. The predicted octanol–water partition coefficient (Wildman–Crippen LogP) is 2.39. The molecule has 19 heavy (non-hydrogen) atoms. The first-order chi connectivity index (χ1) is 9.08. The Morgan fingerprint density at radius 1 is 1.11 bits per heavy atom. The molecule has 0 saturated carbocycles. The molecule has 0 radical (unpaired) electrons. The van der Waals surface area contributed by atoms with Crippen molar-refractivity contribution < 1.29 is 0 Å². The van der Waals surface area contributed by atoms with Crippen LogP contribution in [0.3, 0.4) is 0 Å². The highest BCUT2D eigenvalue weighted by Gasteiger charge is 2.18. The number of nitrogens with zero attached hydrogens (tertiary/aromatic N) is 4. The molecule has 3 rings (SSSR count). The Hall–Kier alpha value is -1.75. The van der Waals surface area contributed by atoms with Crippen LogP contribution in [0.15, 0.2) is 12.1 Å². The van der Waals surface area contributed by atoms with E-state index in [-0.39, 0.29) is 0 Å². The Morgan fingerprint density at radius 3 is 2.47 bits per heavy atom. The summed E-state index contributed by atoms with van der Waals surface area (Å²) in [6.07, 6.45) is 0. The van der Waals surface area contributed by atoms with Crippen LogP contribution in [0, 0.1) is 13.8 Å². The van der Waals surface area contributed by atoms with Gasteiger partial charge in [0.15, 0.2) is 0 Å². The molecule has 0 aromatic carbocycles. The second kappa shape index (κ2) is 4.42. The van der Waals surface area contributed by atoms with Crippen molar-refractivity contribution in [2.75, 3.05) is 38.1 Å². The van der Waals surface area contributed by atoms with Gasteiger partial charge in [0.2, 0.25) is 0 Å². The van der Waals surface area contributed by atoms with Gasteiger partial charge in [-0.15, -0.1) is 0 Å². The van der Waals surface area contributed by atoms with Crippen molar-refractivity contribution in [3.8, 4) is 0 Å². The lowest BCUT2D eigenvalue weighted by atomic mass is 10.2. The number of hydrogen-bond donors (Lipinski definition) is 0. The average Bonchev–Trinajstić information content (AvgIpc) is 2.73. The minimum absolute atomic E-state index is 0.549. The second-order valence-corrected chi connectivity index (χ2v) is 5.39. The first-order valence-corrected chi connectivity index (χ1v) is 6.72. The maximum atomic E-state index is 8.33. The van der Waals surface area contributed by atoms with Gasteiger partial charge in [0.1, 0.15) is 5.82 Å². The monoisotopic (exact) mass is 258 g/mol. The first-order valence-electron chi connectivity index (χ1n) is 6.72. The molecule has 0 amide bonds. The lowest BCUT2D eigenvalue weighted by Gasteiger charge is -2.33. The lowest BCUT2D eigenvalue weighted by molar-refractivity contribution is 0.312. The number of aromatic nitrogens is 2. The zero-order chi connectivity index (χ0) is 13.6. The van der Waals surface area contributed by atoms with Gasteiger partial charge in [-0.1, -0.05) is 11.8 Å². The molecular weight excluding hydrogens is 238 g/mol. The molecule has 2 aromatic rings. The minimum atomic E-state index is 0.549. The molecule has 1 N–H and O–H groups in total. The molecule has 1 saturated heterocycles. The van der Waals surface area contributed by atoms with E-state index in [1.165, 1.54) is 5.56 Å². The van der Waals surface area contributed by atoms with Gasteiger partial charge in [0, 0.05) is 31.9 Å². The summed E-state index contributed by atoms with van der Waals surface area (Å²) in [6.45, 7) is 8.10. The highest BCUT2D eigenvalue weighted by molar-refractivity contribution is 5.84. The SMILES string of the molecule is Cc1ccc2c([NH-])c(N3CCN(C)CC3)nn2c1C. The van der Waals surface area contributed by atoms with E-state index in [0.717, 1.165) is 43.2 Å². The van der Waals surface area contributed by atoms with E-state index < -0.39 is 0 Å². The topological polar surface area (TPSA) is 47.6 Å². The maximum absolute atomic E-state index is 8.33. The van der Waals surface area contributed by atoms with Crippen LogP contribution < -0.4 is 4.90 Å². The van der Waals surface area contributed by atoms with Gasteiger partial charge in [0.25, 0.3) is 0 Å². The van der Waals surface area contributed by atoms with E-state index in [2.05, 4.69) is 41.9 Å². The Morgan fingerprint density at radius 2 is 1.79 bits per heavy atom. The summed E-state index contributed by atoms with van der Waals surface area (Å²) >= 11 is 0. The third-order valence-electron chi connectivity index (χ3n) is 4.09. The summed E-state index contributed by atoms with van der Waals surface area (Å²) in [7, 11) is 2.14. The van der Waals surface area contributed by atoms with Gasteiger partial charge in [0.05, 0.1) is 5.52 Å². The van der Waals surface area contributed by atoms with Gasteiger partial charge < -0.3 is 15.5 Å². The van der Waals surface area contributed by atoms with Crippen LogP contribution in [0.25, 0.3) is 11.3 Å². The van der Waals surface area contributed by atoms with Gasteiger partial charge >= 0.3 is 0 Å². The quantitative estimate of drug-likeness (QED) is 0.789. The lowest BCUT2D eigenvalue weighted by Crippen LogP contribution is -2.44. The Balaban J connectivity index is 2.05. The van der Waals surface area contributed by atoms with Crippen molar-refractivity contribution in [3.63, 3.8) is 0 Å². The fourth-order valence-corrected chi connectivity index (χ4v) is 2.56. The van der Waals surface area contributed by atoms with Crippen LogP contribution in [-0.4, -0.2) is 47.7 Å². The molecule has 0 atom stereocenters. The molecule has 2 aromatic heterocycles. The van der Waals surface area contributed by atoms with Crippen molar-refractivity contribution in [3.05, 3.63) is 29.1 Å². The van der Waals surface area contributed by atoms with Crippen LogP contribution in [0.2, 0.25) is 0 Å². The van der Waals surface area contributed by atoms with Crippen LogP contribution in [0.1, 0.15) is 11.3 Å². The number of pyridine rings is 1. The molecule has 0 bridgehead atoms. The summed E-state index contributed by atoms with van der Waals surface area (Å²) in [5, 5.41) is 4.66. The van der Waals surface area contributed by atoms with Crippen molar-refractivity contribution in [2.45, 2.75) is 13.8 Å². The fourth-order valence-electron chi connectivity index (χ4n) is 2.56. The number of nitrogens with one attached hydrogen (secondary N) is 1. The summed E-state index contributed by atoms with van der Waals surface area (Å²) in [5.41, 5.74) is 12.1. The Labute approximate surface area is 113 Å². The van der Waals surface area contributed by atoms with E-state index in [1.807, 2.05) is 10.6 Å². The normalized spacial score (nSPS) is 17.3. The third kappa shape index (κ3) is 1.94. The largest absolute Gasteiger partial charge is 0.694 e. The van der Waals surface area contributed by atoms with E-state index in [1.54, 1.807) is 0 Å². The smallest absolute Gasteiger partial charge is 0.136 e. The zero-order valence-corrected chi connectivity index (χ0v) is 11.8. The molecule has 0 spiro atoms. The fraction of sp³-hybridized carbons (Fsp3) is 0.500. The summed E-state index contributed by atoms with van der Waals surface area (Å²) < 4.78 is 1.91. The van der Waals surface area contributed by atoms with E-state index in [4.69, 9.17) is 5.73 Å². The number of likely N-dealkylation sites (N-methyl/N-ethyl adjacent to an activating group) is 1. The number of anilines is 1. The summed E-state index contributed by atoms with van der Waals surface area (Å²) in [4.78, 5) is 4.54. The van der Waals surface area contributed by atoms with Crippen LogP contribution >= 0.6 is 0 Å². The van der Waals surface area contributed by atoms with Gasteiger partial charge in [-0.25, -0.2) is 4.52 Å². The van der Waals surface area contributed by atoms with Crippen molar-refractivity contribution >= 4 is 17.0 Å². The average molecular weight is 258 g/mol. The molecule has 0 unspecified atom stereocenters. The predicted molar refractivity (Wildman–Crippen MR) is 78.4 cm³/mol. The van der Waals surface area contributed by atoms with E-state index in [0.29, 0.717) is 5.69 Å². The van der Waals surface area contributed by atoms with Crippen molar-refractivity contribution in [1.82, 2.24) is 14.5 Å². The minimum Gasteiger partial charge on any atom is -0.694 e. The number of fused-ring (bicyclic) bond motifs is 1. The van der Waals surface area contributed by atoms with Crippen LogP contribution in [0.5, 0.6) is 0 Å². The highest BCUT2D eigenvalue weighted by atomic mass is 15.4. The molecule has 102 valence electrons.